The van der Waals surface area contributed by atoms with Gasteiger partial charge in [0.25, 0.3) is 0 Å². The number of rotatable bonds is 7. The first kappa shape index (κ1) is 21.6. The van der Waals surface area contributed by atoms with E-state index in [4.69, 9.17) is 9.72 Å². The van der Waals surface area contributed by atoms with E-state index in [1.807, 2.05) is 57.6 Å². The minimum atomic E-state index is -0.487. The first-order chi connectivity index (χ1) is 15.4. The lowest BCUT2D eigenvalue weighted by Gasteiger charge is -2.13. The van der Waals surface area contributed by atoms with Crippen molar-refractivity contribution >= 4 is 23.1 Å². The van der Waals surface area contributed by atoms with Crippen LogP contribution >= 0.6 is 11.3 Å². The number of aromatic nitrogens is 6. The van der Waals surface area contributed by atoms with Crippen LogP contribution in [0.3, 0.4) is 0 Å². The standard InChI is InChI=1S/C22H23N7O2S/c1-5-31-22(30)21-28-27-20(32-21)17-11-23-18(26-19(17)25-13(2)3)15-8-6-7-14(9-15)16-10-24-29(4)12-16/h6-13H,5H2,1-4H3,(H,23,25,26). The summed E-state index contributed by atoms with van der Waals surface area (Å²) in [6, 6.07) is 8.14. The number of hydrogen-bond acceptors (Lipinski definition) is 9. The number of ether oxygens (including phenoxy) is 1. The van der Waals surface area contributed by atoms with Crippen LogP contribution in [0.2, 0.25) is 0 Å². The molecule has 9 nitrogen and oxygen atoms in total. The van der Waals surface area contributed by atoms with E-state index in [2.05, 4.69) is 25.6 Å². The highest BCUT2D eigenvalue weighted by molar-refractivity contribution is 7.16. The van der Waals surface area contributed by atoms with Crippen LogP contribution in [0, 0.1) is 0 Å². The molecule has 4 aromatic rings. The van der Waals surface area contributed by atoms with Crippen molar-refractivity contribution in [2.45, 2.75) is 26.8 Å². The molecule has 0 aliphatic heterocycles. The summed E-state index contributed by atoms with van der Waals surface area (Å²) in [5.41, 5.74) is 3.62. The molecule has 0 aliphatic rings. The molecule has 3 heterocycles. The number of nitrogens with zero attached hydrogens (tertiary/aromatic N) is 6. The van der Waals surface area contributed by atoms with Gasteiger partial charge in [0.05, 0.1) is 18.4 Å². The molecule has 0 unspecified atom stereocenters. The van der Waals surface area contributed by atoms with Crippen LogP contribution in [-0.2, 0) is 11.8 Å². The summed E-state index contributed by atoms with van der Waals surface area (Å²) in [6.45, 7) is 6.08. The summed E-state index contributed by atoms with van der Waals surface area (Å²) in [6.07, 6.45) is 5.50. The van der Waals surface area contributed by atoms with Crippen LogP contribution in [-0.4, -0.2) is 48.6 Å². The van der Waals surface area contributed by atoms with E-state index in [-0.39, 0.29) is 17.7 Å². The molecule has 0 bridgehead atoms. The van der Waals surface area contributed by atoms with Crippen molar-refractivity contribution < 1.29 is 9.53 Å². The lowest BCUT2D eigenvalue weighted by Crippen LogP contribution is -2.13. The van der Waals surface area contributed by atoms with Gasteiger partial charge in [0.15, 0.2) is 10.8 Å². The maximum atomic E-state index is 12.0. The Morgan fingerprint density at radius 2 is 2.00 bits per heavy atom. The average Bonchev–Trinajstić information content (AvgIpc) is 3.43. The molecule has 10 heteroatoms. The van der Waals surface area contributed by atoms with Crippen molar-refractivity contribution in [3.63, 3.8) is 0 Å². The van der Waals surface area contributed by atoms with Gasteiger partial charge in [-0.15, -0.1) is 10.2 Å². The van der Waals surface area contributed by atoms with Crippen LogP contribution in [0.5, 0.6) is 0 Å². The fourth-order valence-electron chi connectivity index (χ4n) is 3.08. The molecule has 0 amide bonds. The predicted molar refractivity (Wildman–Crippen MR) is 123 cm³/mol. The van der Waals surface area contributed by atoms with Crippen molar-refractivity contribution in [2.75, 3.05) is 11.9 Å². The number of benzene rings is 1. The minimum absolute atomic E-state index is 0.135. The quantitative estimate of drug-likeness (QED) is 0.421. The summed E-state index contributed by atoms with van der Waals surface area (Å²) in [4.78, 5) is 21.3. The second-order valence-electron chi connectivity index (χ2n) is 7.37. The Morgan fingerprint density at radius 1 is 1.19 bits per heavy atom. The Bertz CT molecular complexity index is 1250. The van der Waals surface area contributed by atoms with Crippen LogP contribution in [0.4, 0.5) is 5.82 Å². The van der Waals surface area contributed by atoms with Gasteiger partial charge in [-0.25, -0.2) is 14.8 Å². The summed E-state index contributed by atoms with van der Waals surface area (Å²) < 4.78 is 6.78. The largest absolute Gasteiger partial charge is 0.461 e. The number of aryl methyl sites for hydroxylation is 1. The molecule has 1 N–H and O–H groups in total. The van der Waals surface area contributed by atoms with Crippen LogP contribution in [0.25, 0.3) is 33.1 Å². The van der Waals surface area contributed by atoms with Gasteiger partial charge >= 0.3 is 5.97 Å². The van der Waals surface area contributed by atoms with E-state index in [1.165, 1.54) is 0 Å². The normalized spacial score (nSPS) is 11.0. The molecule has 32 heavy (non-hydrogen) atoms. The highest BCUT2D eigenvalue weighted by Crippen LogP contribution is 2.32. The van der Waals surface area contributed by atoms with Crippen molar-refractivity contribution in [3.05, 3.63) is 47.9 Å². The molecule has 0 saturated heterocycles. The number of carbonyl (C=O) groups excluding carboxylic acids is 1. The van der Waals surface area contributed by atoms with Crippen molar-refractivity contribution in [1.29, 1.82) is 0 Å². The van der Waals surface area contributed by atoms with Gasteiger partial charge in [0, 0.05) is 36.6 Å². The van der Waals surface area contributed by atoms with E-state index in [0.717, 1.165) is 28.0 Å². The second-order valence-corrected chi connectivity index (χ2v) is 8.35. The van der Waals surface area contributed by atoms with Crippen molar-refractivity contribution in [3.8, 4) is 33.1 Å². The maximum absolute atomic E-state index is 12.0. The van der Waals surface area contributed by atoms with Crippen molar-refractivity contribution in [1.82, 2.24) is 29.9 Å². The third kappa shape index (κ3) is 4.65. The molecule has 4 rings (SSSR count). The number of anilines is 1. The molecule has 0 spiro atoms. The topological polar surface area (TPSA) is 108 Å². The van der Waals surface area contributed by atoms with Gasteiger partial charge in [0.2, 0.25) is 5.01 Å². The number of nitrogens with one attached hydrogen (secondary N) is 1. The second kappa shape index (κ2) is 9.23. The highest BCUT2D eigenvalue weighted by Gasteiger charge is 2.19. The van der Waals surface area contributed by atoms with Gasteiger partial charge in [-0.2, -0.15) is 5.10 Å². The predicted octanol–water partition coefficient (Wildman–Crippen LogP) is 4.06. The van der Waals surface area contributed by atoms with Gasteiger partial charge in [-0.05, 0) is 32.4 Å². The SMILES string of the molecule is CCOC(=O)c1nnc(-c2cnc(-c3cccc(-c4cnn(C)c4)c3)nc2NC(C)C)s1. The van der Waals surface area contributed by atoms with Crippen LogP contribution in [0.15, 0.2) is 42.9 Å². The Kier molecular flexibility index (Phi) is 6.22. The number of esters is 1. The Morgan fingerprint density at radius 3 is 2.72 bits per heavy atom. The van der Waals surface area contributed by atoms with Crippen LogP contribution < -0.4 is 5.32 Å². The monoisotopic (exact) mass is 449 g/mol. The van der Waals surface area contributed by atoms with Crippen molar-refractivity contribution in [2.24, 2.45) is 7.05 Å². The third-order valence-corrected chi connectivity index (χ3v) is 5.42. The zero-order chi connectivity index (χ0) is 22.7. The fraction of sp³-hybridized carbons (Fsp3) is 0.273. The minimum Gasteiger partial charge on any atom is -0.461 e. The molecule has 0 atom stereocenters. The number of carbonyl (C=O) groups is 1. The molecule has 0 aliphatic carbocycles. The zero-order valence-corrected chi connectivity index (χ0v) is 19.1. The summed E-state index contributed by atoms with van der Waals surface area (Å²) in [5.74, 6) is 0.723. The summed E-state index contributed by atoms with van der Waals surface area (Å²) in [7, 11) is 1.89. The van der Waals surface area contributed by atoms with Gasteiger partial charge in [-0.1, -0.05) is 29.5 Å². The number of hydrogen-bond donors (Lipinski definition) is 1. The molecule has 0 saturated carbocycles. The maximum Gasteiger partial charge on any atom is 0.369 e. The summed E-state index contributed by atoms with van der Waals surface area (Å²) >= 11 is 1.15. The summed E-state index contributed by atoms with van der Waals surface area (Å²) in [5, 5.41) is 16.5. The first-order valence-electron chi connectivity index (χ1n) is 10.2. The zero-order valence-electron chi connectivity index (χ0n) is 18.2. The smallest absolute Gasteiger partial charge is 0.369 e. The molecular formula is C22H23N7O2S. The van der Waals surface area contributed by atoms with Gasteiger partial charge in [0.1, 0.15) is 5.82 Å². The Labute approximate surface area is 189 Å². The molecule has 3 aromatic heterocycles. The highest BCUT2D eigenvalue weighted by atomic mass is 32.1. The fourth-order valence-corrected chi connectivity index (χ4v) is 3.82. The first-order valence-corrected chi connectivity index (χ1v) is 11.0. The van der Waals surface area contributed by atoms with E-state index in [1.54, 1.807) is 17.8 Å². The van der Waals surface area contributed by atoms with E-state index in [9.17, 15) is 4.79 Å². The Balaban J connectivity index is 1.71. The lowest BCUT2D eigenvalue weighted by molar-refractivity contribution is 0.0525. The van der Waals surface area contributed by atoms with Crippen LogP contribution in [0.1, 0.15) is 30.6 Å². The van der Waals surface area contributed by atoms with Gasteiger partial charge in [-0.3, -0.25) is 4.68 Å². The molecule has 0 fully saturated rings. The third-order valence-electron chi connectivity index (χ3n) is 4.48. The van der Waals surface area contributed by atoms with E-state index in [0.29, 0.717) is 22.2 Å². The molecule has 164 valence electrons. The van der Waals surface area contributed by atoms with Gasteiger partial charge < -0.3 is 10.1 Å². The molecule has 1 aromatic carbocycles. The van der Waals surface area contributed by atoms with E-state index < -0.39 is 5.97 Å². The average molecular weight is 450 g/mol. The molecular weight excluding hydrogens is 426 g/mol. The van der Waals surface area contributed by atoms with E-state index >= 15 is 0 Å². The molecule has 0 radical (unpaired) electrons. The Hall–Kier alpha value is -3.66. The lowest BCUT2D eigenvalue weighted by atomic mass is 10.1.